The van der Waals surface area contributed by atoms with E-state index < -0.39 is 0 Å². The average molecular weight is 511 g/mol. The van der Waals surface area contributed by atoms with Gasteiger partial charge in [-0.15, -0.1) is 0 Å². The van der Waals surface area contributed by atoms with Crippen molar-refractivity contribution in [2.24, 2.45) is 0 Å². The molecule has 0 radical (unpaired) electrons. The van der Waals surface area contributed by atoms with E-state index in [1.165, 1.54) is 128 Å². The van der Waals surface area contributed by atoms with Crippen molar-refractivity contribution < 1.29 is 9.47 Å². The van der Waals surface area contributed by atoms with Gasteiger partial charge in [-0.2, -0.15) is 0 Å². The quantitative estimate of drug-likeness (QED) is 0.102. The van der Waals surface area contributed by atoms with Crippen LogP contribution in [0.4, 0.5) is 0 Å². The molecule has 0 saturated carbocycles. The third kappa shape index (κ3) is 24.3. The molecule has 2 atom stereocenters. The summed E-state index contributed by atoms with van der Waals surface area (Å²) < 4.78 is 12.3. The van der Waals surface area contributed by atoms with Gasteiger partial charge in [-0.3, -0.25) is 0 Å². The third-order valence-corrected chi connectivity index (χ3v) is 8.00. The minimum atomic E-state index is 0.0512. The van der Waals surface area contributed by atoms with Gasteiger partial charge in [-0.25, -0.2) is 0 Å². The van der Waals surface area contributed by atoms with Crippen LogP contribution in [0.1, 0.15) is 197 Å². The Kier molecular flexibility index (Phi) is 22.8. The fourth-order valence-electron chi connectivity index (χ4n) is 5.30. The summed E-state index contributed by atoms with van der Waals surface area (Å²) in [5.41, 5.74) is 0.102. The second-order valence-corrected chi connectivity index (χ2v) is 13.1. The van der Waals surface area contributed by atoms with Crippen molar-refractivity contribution in [1.82, 2.24) is 0 Å². The van der Waals surface area contributed by atoms with Gasteiger partial charge < -0.3 is 9.47 Å². The summed E-state index contributed by atoms with van der Waals surface area (Å²) in [4.78, 5) is 0. The molecule has 0 N–H and O–H groups in total. The van der Waals surface area contributed by atoms with E-state index in [0.29, 0.717) is 12.2 Å². The first-order valence-corrected chi connectivity index (χ1v) is 16.5. The van der Waals surface area contributed by atoms with Crippen LogP contribution in [0.5, 0.6) is 0 Å². The predicted octanol–water partition coefficient (Wildman–Crippen LogP) is 12.0. The van der Waals surface area contributed by atoms with E-state index >= 15 is 0 Å². The Morgan fingerprint density at radius 1 is 0.389 bits per heavy atom. The summed E-state index contributed by atoms with van der Waals surface area (Å²) in [6.07, 6.45) is 30.9. The Bertz CT molecular complexity index is 414. The van der Waals surface area contributed by atoms with Crippen LogP contribution in [0.25, 0.3) is 0 Å². The molecule has 0 rings (SSSR count). The van der Waals surface area contributed by atoms with Crippen molar-refractivity contribution in [2.45, 2.75) is 220 Å². The lowest BCUT2D eigenvalue weighted by atomic mass is 9.98. The summed E-state index contributed by atoms with van der Waals surface area (Å²) in [7, 11) is 0. The lowest BCUT2D eigenvalue weighted by Gasteiger charge is -2.29. The van der Waals surface area contributed by atoms with Gasteiger partial charge in [0.15, 0.2) is 0 Å². The van der Waals surface area contributed by atoms with E-state index in [4.69, 9.17) is 9.47 Å². The van der Waals surface area contributed by atoms with Crippen LogP contribution in [0.2, 0.25) is 0 Å². The van der Waals surface area contributed by atoms with E-state index in [9.17, 15) is 0 Å². The van der Waals surface area contributed by atoms with Gasteiger partial charge in [0.25, 0.3) is 0 Å². The zero-order valence-corrected chi connectivity index (χ0v) is 26.5. The number of unbranched alkanes of at least 4 members (excludes halogenated alkanes) is 17. The minimum Gasteiger partial charge on any atom is -0.373 e. The van der Waals surface area contributed by atoms with Crippen LogP contribution in [0.3, 0.4) is 0 Å². The molecule has 0 aromatic rings. The molecule has 2 unspecified atom stereocenters. The zero-order valence-electron chi connectivity index (χ0n) is 26.5. The van der Waals surface area contributed by atoms with Gasteiger partial charge in [0, 0.05) is 0 Å². The first kappa shape index (κ1) is 35.9. The maximum atomic E-state index is 6.14. The zero-order chi connectivity index (χ0) is 27.1. The van der Waals surface area contributed by atoms with E-state index in [1.807, 2.05) is 0 Å². The molecule has 0 saturated heterocycles. The van der Waals surface area contributed by atoms with E-state index in [1.54, 1.807) is 0 Å². The topological polar surface area (TPSA) is 18.5 Å². The Labute approximate surface area is 229 Å². The summed E-state index contributed by atoms with van der Waals surface area (Å²) in [5, 5.41) is 0. The van der Waals surface area contributed by atoms with Gasteiger partial charge in [0.05, 0.1) is 23.4 Å². The number of hydrogen-bond acceptors (Lipinski definition) is 2. The van der Waals surface area contributed by atoms with Gasteiger partial charge in [-0.05, 0) is 67.2 Å². The van der Waals surface area contributed by atoms with Crippen molar-refractivity contribution in [3.8, 4) is 0 Å². The highest BCUT2D eigenvalue weighted by Crippen LogP contribution is 2.23. The first-order valence-electron chi connectivity index (χ1n) is 16.5. The first-order chi connectivity index (χ1) is 17.1. The highest BCUT2D eigenvalue weighted by molar-refractivity contribution is 4.71. The van der Waals surface area contributed by atoms with Crippen LogP contribution in [0.15, 0.2) is 0 Å². The molecule has 0 bridgehead atoms. The smallest absolute Gasteiger partial charge is 0.0630 e. The van der Waals surface area contributed by atoms with Gasteiger partial charge >= 0.3 is 0 Å². The van der Waals surface area contributed by atoms with Crippen molar-refractivity contribution in [1.29, 1.82) is 0 Å². The molecule has 2 nitrogen and oxygen atoms in total. The Morgan fingerprint density at radius 2 is 0.583 bits per heavy atom. The van der Waals surface area contributed by atoms with E-state index in [2.05, 4.69) is 55.4 Å². The molecule has 0 aliphatic rings. The standard InChI is InChI=1S/C34H70O2/c1-9-31(3)35-33(5,6)29-27-25-23-21-19-17-15-13-11-12-14-16-18-20-22-24-26-28-30-34(7,8)36-32(4)10-2/h31-32H,9-30H2,1-8H3. The number of rotatable bonds is 27. The van der Waals surface area contributed by atoms with Gasteiger partial charge in [0.2, 0.25) is 0 Å². The lowest BCUT2D eigenvalue weighted by Crippen LogP contribution is -2.28. The van der Waals surface area contributed by atoms with Crippen LogP contribution < -0.4 is 0 Å². The van der Waals surface area contributed by atoms with E-state index in [-0.39, 0.29) is 11.2 Å². The molecule has 0 aromatic carbocycles. The highest BCUT2D eigenvalue weighted by atomic mass is 16.5. The monoisotopic (exact) mass is 511 g/mol. The lowest BCUT2D eigenvalue weighted by molar-refractivity contribution is -0.0706. The molecular formula is C34H70O2. The van der Waals surface area contributed by atoms with Crippen molar-refractivity contribution in [2.75, 3.05) is 0 Å². The fourth-order valence-corrected chi connectivity index (χ4v) is 5.30. The fraction of sp³-hybridized carbons (Fsp3) is 1.00. The molecule has 0 aliphatic carbocycles. The SMILES string of the molecule is CCC(C)OC(C)(C)CCCCCCCCCCCCCCCCCCCCC(C)(C)OC(C)CC. The highest BCUT2D eigenvalue weighted by Gasteiger charge is 2.21. The summed E-state index contributed by atoms with van der Waals surface area (Å²) in [5.74, 6) is 0. The van der Waals surface area contributed by atoms with Crippen LogP contribution in [0, 0.1) is 0 Å². The van der Waals surface area contributed by atoms with Crippen molar-refractivity contribution in [3.63, 3.8) is 0 Å². The molecule has 218 valence electrons. The second-order valence-electron chi connectivity index (χ2n) is 13.1. The Morgan fingerprint density at radius 3 is 0.778 bits per heavy atom. The molecule has 0 fully saturated rings. The maximum Gasteiger partial charge on any atom is 0.0630 e. The summed E-state index contributed by atoms with van der Waals surface area (Å²) in [6, 6.07) is 0. The molecule has 0 aromatic heterocycles. The molecule has 0 spiro atoms. The third-order valence-electron chi connectivity index (χ3n) is 8.00. The molecule has 0 amide bonds. The van der Waals surface area contributed by atoms with Crippen LogP contribution in [-0.4, -0.2) is 23.4 Å². The molecule has 0 aliphatic heterocycles. The van der Waals surface area contributed by atoms with Gasteiger partial charge in [0.1, 0.15) is 0 Å². The van der Waals surface area contributed by atoms with Gasteiger partial charge in [-0.1, -0.05) is 129 Å². The van der Waals surface area contributed by atoms with Crippen LogP contribution >= 0.6 is 0 Å². The molecule has 2 heteroatoms. The largest absolute Gasteiger partial charge is 0.373 e. The van der Waals surface area contributed by atoms with Crippen molar-refractivity contribution >= 4 is 0 Å². The Hall–Kier alpha value is -0.0800. The molecule has 36 heavy (non-hydrogen) atoms. The number of hydrogen-bond donors (Lipinski definition) is 0. The maximum absolute atomic E-state index is 6.14. The van der Waals surface area contributed by atoms with Crippen LogP contribution in [-0.2, 0) is 9.47 Å². The Balaban J connectivity index is 3.30. The van der Waals surface area contributed by atoms with Crippen molar-refractivity contribution in [3.05, 3.63) is 0 Å². The van der Waals surface area contributed by atoms with E-state index in [0.717, 1.165) is 12.8 Å². The second kappa shape index (κ2) is 22.9. The molecule has 0 heterocycles. The predicted molar refractivity (Wildman–Crippen MR) is 162 cm³/mol. The summed E-state index contributed by atoms with van der Waals surface area (Å²) >= 11 is 0. The molecular weight excluding hydrogens is 440 g/mol. The average Bonchev–Trinajstić information content (AvgIpc) is 2.81. The summed E-state index contributed by atoms with van der Waals surface area (Å²) in [6.45, 7) is 17.8. The number of ether oxygens (including phenoxy) is 2. The normalized spacial score (nSPS) is 14.3. The minimum absolute atomic E-state index is 0.0512.